The highest BCUT2D eigenvalue weighted by Gasteiger charge is 2.20. The number of rotatable bonds is 0. The van der Waals surface area contributed by atoms with Crippen LogP contribution in [0.25, 0.3) is 0 Å². The van der Waals surface area contributed by atoms with Gasteiger partial charge >= 0.3 is 7.25 Å². The second-order valence-corrected chi connectivity index (χ2v) is 2.30. The molecule has 74 valence electrons. The highest BCUT2D eigenvalue weighted by atomic mass is 19.5. The zero-order valence-electron chi connectivity index (χ0n) is 6.73. The molecule has 0 N–H and O–H groups in total. The lowest BCUT2D eigenvalue weighted by molar-refractivity contribution is -0.453. The molecular formula is C5H11BF4O2. The maximum atomic E-state index is 9.75. The number of hydrogen-bond donors (Lipinski definition) is 0. The van der Waals surface area contributed by atoms with Gasteiger partial charge in [0.1, 0.15) is 6.61 Å². The minimum Gasteiger partial charge on any atom is -0.418 e. The van der Waals surface area contributed by atoms with Crippen LogP contribution in [0.2, 0.25) is 0 Å². The molecule has 0 saturated carbocycles. The minimum absolute atomic E-state index is 0.876. The molecular weight excluding hydrogens is 179 g/mol. The normalized spacial score (nSPS) is 19.8. The van der Waals surface area contributed by atoms with Gasteiger partial charge in [-0.15, -0.1) is 4.89 Å². The third-order valence-electron chi connectivity index (χ3n) is 1.11. The van der Waals surface area contributed by atoms with Crippen molar-refractivity contribution in [3.8, 4) is 0 Å². The first-order valence-corrected chi connectivity index (χ1v) is 3.53. The van der Waals surface area contributed by atoms with E-state index in [0.29, 0.717) is 0 Å². The van der Waals surface area contributed by atoms with Crippen molar-refractivity contribution in [3.63, 3.8) is 0 Å². The van der Waals surface area contributed by atoms with Crippen molar-refractivity contribution in [3.05, 3.63) is 0 Å². The molecule has 0 amide bonds. The van der Waals surface area contributed by atoms with E-state index in [0.717, 1.165) is 13.2 Å². The molecule has 12 heavy (non-hydrogen) atoms. The second kappa shape index (κ2) is 5.37. The van der Waals surface area contributed by atoms with Crippen molar-refractivity contribution in [2.45, 2.75) is 12.8 Å². The molecule has 7 heteroatoms. The van der Waals surface area contributed by atoms with E-state index in [1.54, 1.807) is 0 Å². The standard InChI is InChI=1S/C5H11O2.BF4/c1-7-5-3-2-4-6-7;2-1(3,4)5/h2-5H2,1H3;/q+1;-1. The Hall–Kier alpha value is -0.295. The molecule has 2 nitrogen and oxygen atoms in total. The second-order valence-electron chi connectivity index (χ2n) is 2.30. The van der Waals surface area contributed by atoms with Gasteiger partial charge in [0.15, 0.2) is 13.7 Å². The lowest BCUT2D eigenvalue weighted by Crippen LogP contribution is -2.17. The van der Waals surface area contributed by atoms with Gasteiger partial charge in [-0.05, 0) is 6.42 Å². The van der Waals surface area contributed by atoms with Crippen molar-refractivity contribution < 1.29 is 26.7 Å². The average molecular weight is 190 g/mol. The Kier molecular flexibility index (Phi) is 5.24. The molecule has 0 atom stereocenters. The Labute approximate surface area is 68.2 Å². The van der Waals surface area contributed by atoms with Crippen LogP contribution in [0.15, 0.2) is 0 Å². The lowest BCUT2D eigenvalue weighted by atomic mass is 10.3. The molecule has 0 aromatic heterocycles. The molecule has 1 heterocycles. The van der Waals surface area contributed by atoms with E-state index in [9.17, 15) is 17.3 Å². The fraction of sp³-hybridized carbons (Fsp3) is 1.00. The Morgan fingerprint density at radius 3 is 1.83 bits per heavy atom. The summed E-state index contributed by atoms with van der Waals surface area (Å²) in [5, 5.41) is 0. The van der Waals surface area contributed by atoms with Crippen LogP contribution in [-0.2, 0) is 9.41 Å². The molecule has 0 radical (unpaired) electrons. The largest absolute Gasteiger partial charge is 0.673 e. The highest BCUT2D eigenvalue weighted by Crippen LogP contribution is 2.06. The van der Waals surface area contributed by atoms with E-state index in [4.69, 9.17) is 4.89 Å². The van der Waals surface area contributed by atoms with Gasteiger partial charge in [-0.2, -0.15) is 0 Å². The Morgan fingerprint density at radius 1 is 1.17 bits per heavy atom. The van der Waals surface area contributed by atoms with Crippen LogP contribution in [0.4, 0.5) is 17.3 Å². The van der Waals surface area contributed by atoms with Crippen LogP contribution in [0.1, 0.15) is 12.8 Å². The van der Waals surface area contributed by atoms with E-state index >= 15 is 0 Å². The predicted octanol–water partition coefficient (Wildman–Crippen LogP) is 2.19. The maximum absolute atomic E-state index is 9.75. The Morgan fingerprint density at radius 2 is 1.67 bits per heavy atom. The van der Waals surface area contributed by atoms with Crippen LogP contribution in [0.3, 0.4) is 0 Å². The van der Waals surface area contributed by atoms with E-state index < -0.39 is 7.25 Å². The summed E-state index contributed by atoms with van der Waals surface area (Å²) in [4.78, 5) is 5.03. The molecule has 1 fully saturated rings. The summed E-state index contributed by atoms with van der Waals surface area (Å²) >= 11 is 0. The molecule has 0 aromatic carbocycles. The fourth-order valence-electron chi connectivity index (χ4n) is 0.667. The topological polar surface area (TPSA) is 11.9 Å². The van der Waals surface area contributed by atoms with Crippen molar-refractivity contribution in [2.24, 2.45) is 0 Å². The molecule has 0 aliphatic carbocycles. The van der Waals surface area contributed by atoms with Gasteiger partial charge in [-0.3, -0.25) is 0 Å². The van der Waals surface area contributed by atoms with E-state index in [1.807, 2.05) is 7.11 Å². The zero-order chi connectivity index (χ0) is 9.61. The van der Waals surface area contributed by atoms with E-state index in [1.165, 1.54) is 12.8 Å². The van der Waals surface area contributed by atoms with Gasteiger partial charge in [0, 0.05) is 6.42 Å². The predicted molar refractivity (Wildman–Crippen MR) is 37.2 cm³/mol. The molecule has 1 aliphatic heterocycles. The quantitative estimate of drug-likeness (QED) is 0.246. The molecule has 1 saturated heterocycles. The lowest BCUT2D eigenvalue weighted by Gasteiger charge is -2.13. The maximum Gasteiger partial charge on any atom is 0.673 e. The van der Waals surface area contributed by atoms with E-state index in [-0.39, 0.29) is 0 Å². The summed E-state index contributed by atoms with van der Waals surface area (Å²) in [6.07, 6.45) is 2.46. The van der Waals surface area contributed by atoms with Crippen molar-refractivity contribution in [2.75, 3.05) is 20.3 Å². The Bertz CT molecular complexity index is 107. The van der Waals surface area contributed by atoms with Crippen LogP contribution in [0, 0.1) is 0 Å². The highest BCUT2D eigenvalue weighted by molar-refractivity contribution is 6.50. The summed E-state index contributed by atoms with van der Waals surface area (Å²) in [6, 6.07) is 0. The first-order valence-electron chi connectivity index (χ1n) is 3.53. The summed E-state index contributed by atoms with van der Waals surface area (Å²) in [7, 11) is -4.11. The van der Waals surface area contributed by atoms with Crippen LogP contribution >= 0.6 is 0 Å². The van der Waals surface area contributed by atoms with Crippen molar-refractivity contribution >= 4 is 7.25 Å². The summed E-state index contributed by atoms with van der Waals surface area (Å²) in [5.41, 5.74) is 0. The third-order valence-corrected chi connectivity index (χ3v) is 1.11. The molecule has 0 aromatic rings. The van der Waals surface area contributed by atoms with Crippen LogP contribution in [-0.4, -0.2) is 27.6 Å². The molecule has 0 bridgehead atoms. The summed E-state index contributed by atoms with van der Waals surface area (Å²) in [6.45, 7) is 1.89. The first-order chi connectivity index (χ1) is 5.39. The van der Waals surface area contributed by atoms with Crippen LogP contribution < -0.4 is 0 Å². The smallest absolute Gasteiger partial charge is 0.418 e. The average Bonchev–Trinajstić information content (AvgIpc) is 1.85. The van der Waals surface area contributed by atoms with Gasteiger partial charge < -0.3 is 17.3 Å². The number of halogens is 4. The van der Waals surface area contributed by atoms with Crippen molar-refractivity contribution in [1.29, 1.82) is 0 Å². The summed E-state index contributed by atoms with van der Waals surface area (Å²) in [5.74, 6) is 0. The number of hydrogen-bond acceptors (Lipinski definition) is 1. The molecule has 0 spiro atoms. The summed E-state index contributed by atoms with van der Waals surface area (Å²) < 4.78 is 41.6. The fourth-order valence-corrected chi connectivity index (χ4v) is 0.667. The van der Waals surface area contributed by atoms with Gasteiger partial charge in [0.05, 0.1) is 0 Å². The van der Waals surface area contributed by atoms with Crippen molar-refractivity contribution in [1.82, 2.24) is 0 Å². The molecule has 0 unspecified atom stereocenters. The van der Waals surface area contributed by atoms with Gasteiger partial charge in [-0.1, -0.05) is 0 Å². The molecule has 1 rings (SSSR count). The SMILES string of the molecule is C[O+]1CCCCO1.F[B-](F)(F)F. The minimum atomic E-state index is -6.00. The molecule has 1 aliphatic rings. The first kappa shape index (κ1) is 11.7. The van der Waals surface area contributed by atoms with Gasteiger partial charge in [0.25, 0.3) is 0 Å². The van der Waals surface area contributed by atoms with E-state index in [2.05, 4.69) is 4.52 Å². The van der Waals surface area contributed by atoms with Gasteiger partial charge in [0.2, 0.25) is 0 Å². The zero-order valence-corrected chi connectivity index (χ0v) is 6.73. The van der Waals surface area contributed by atoms with Gasteiger partial charge in [-0.25, -0.2) is 4.52 Å². The van der Waals surface area contributed by atoms with Crippen LogP contribution in [0.5, 0.6) is 0 Å². The Balaban J connectivity index is 0.000000217. The monoisotopic (exact) mass is 190 g/mol. The third kappa shape index (κ3) is 12.4.